The number of methoxy groups -OCH3 is 2. The van der Waals surface area contributed by atoms with Crippen LogP contribution in [0.3, 0.4) is 0 Å². The van der Waals surface area contributed by atoms with Crippen LogP contribution in [-0.2, 0) is 14.4 Å². The second-order valence-corrected chi connectivity index (χ2v) is 9.11. The molecule has 0 aromatic heterocycles. The molecule has 12 heteroatoms. The minimum atomic E-state index is -1.24. The number of amides is 2. The largest absolute Gasteiger partial charge is 0.493 e. The lowest BCUT2D eigenvalue weighted by atomic mass is 9.89. The molecule has 0 spiro atoms. The van der Waals surface area contributed by atoms with Gasteiger partial charge in [-0.15, -0.1) is 0 Å². The molecule has 0 N–H and O–H groups in total. The maximum atomic E-state index is 13.8. The monoisotopic (exact) mass is 543 g/mol. The summed E-state index contributed by atoms with van der Waals surface area (Å²) in [6, 6.07) is 14.7. The van der Waals surface area contributed by atoms with Crippen LogP contribution in [0.5, 0.6) is 11.5 Å². The Hall–Kier alpha value is -3.86. The van der Waals surface area contributed by atoms with Crippen LogP contribution in [0.2, 0.25) is 10.0 Å². The van der Waals surface area contributed by atoms with Crippen molar-refractivity contribution < 1.29 is 28.8 Å². The lowest BCUT2D eigenvalue weighted by Gasteiger charge is -2.29. The Kier molecular flexibility index (Phi) is 6.40. The van der Waals surface area contributed by atoms with Gasteiger partial charge in [0.05, 0.1) is 52.2 Å². The summed E-state index contributed by atoms with van der Waals surface area (Å²) in [5.74, 6) is -1.97. The molecule has 3 aromatic rings. The second kappa shape index (κ2) is 9.55. The van der Waals surface area contributed by atoms with Crippen molar-refractivity contribution in [2.45, 2.75) is 12.1 Å². The van der Waals surface area contributed by atoms with E-state index < -0.39 is 34.8 Å². The third-order valence-electron chi connectivity index (χ3n) is 6.34. The summed E-state index contributed by atoms with van der Waals surface area (Å²) in [7, 11) is 2.76. The second-order valence-electron chi connectivity index (χ2n) is 8.29. The van der Waals surface area contributed by atoms with Crippen molar-refractivity contribution in [3.05, 3.63) is 86.4 Å². The standard InChI is InChI=1S/C25H19Cl2N3O7/c1-35-19-11-15(18(30(33)34)12-20(19)36-2)22-21-23(37-29(22)13-6-4-3-5-7-13)25(32)28(24(21)31)14-8-9-16(26)17(27)10-14/h3-12,21-23H,1-2H3/t21-,22+,23-/m0/s1. The molecule has 3 atom stereocenters. The van der Waals surface area contributed by atoms with Crippen molar-refractivity contribution in [3.8, 4) is 11.5 Å². The van der Waals surface area contributed by atoms with Gasteiger partial charge in [0.25, 0.3) is 11.6 Å². The van der Waals surface area contributed by atoms with Crippen LogP contribution in [0.1, 0.15) is 11.6 Å². The number of imide groups is 1. The summed E-state index contributed by atoms with van der Waals surface area (Å²) >= 11 is 12.1. The number of benzene rings is 3. The molecule has 0 aliphatic carbocycles. The van der Waals surface area contributed by atoms with E-state index in [0.717, 1.165) is 4.90 Å². The Morgan fingerprint density at radius 1 is 0.892 bits per heavy atom. The first kappa shape index (κ1) is 24.8. The van der Waals surface area contributed by atoms with Crippen molar-refractivity contribution in [1.29, 1.82) is 0 Å². The van der Waals surface area contributed by atoms with Crippen LogP contribution >= 0.6 is 23.2 Å². The Bertz CT molecular complexity index is 1420. The third kappa shape index (κ3) is 4.03. The van der Waals surface area contributed by atoms with Gasteiger partial charge in [-0.3, -0.25) is 24.5 Å². The van der Waals surface area contributed by atoms with Crippen LogP contribution in [-0.4, -0.2) is 37.1 Å². The number of nitro benzene ring substituents is 1. The van der Waals surface area contributed by atoms with Gasteiger partial charge in [0, 0.05) is 0 Å². The highest BCUT2D eigenvalue weighted by atomic mass is 35.5. The zero-order valence-corrected chi connectivity index (χ0v) is 21.0. The molecule has 10 nitrogen and oxygen atoms in total. The summed E-state index contributed by atoms with van der Waals surface area (Å²) in [5, 5.41) is 13.9. The van der Waals surface area contributed by atoms with Gasteiger partial charge in [-0.25, -0.2) is 9.96 Å². The van der Waals surface area contributed by atoms with E-state index in [1.165, 1.54) is 49.6 Å². The third-order valence-corrected chi connectivity index (χ3v) is 7.07. The number of hydrogen-bond donors (Lipinski definition) is 0. The highest BCUT2D eigenvalue weighted by Crippen LogP contribution is 2.51. The number of nitro groups is 1. The van der Waals surface area contributed by atoms with Crippen molar-refractivity contribution in [1.82, 2.24) is 0 Å². The number of carbonyl (C=O) groups excluding carboxylic acids is 2. The summed E-state index contributed by atoms with van der Waals surface area (Å²) in [4.78, 5) is 45.9. The predicted octanol–water partition coefficient (Wildman–Crippen LogP) is 4.97. The van der Waals surface area contributed by atoms with Gasteiger partial charge in [0.15, 0.2) is 17.6 Å². The number of hydroxylamine groups is 1. The molecule has 3 aromatic carbocycles. The first-order chi connectivity index (χ1) is 17.8. The summed E-state index contributed by atoms with van der Waals surface area (Å²) in [5.41, 5.74) is 0.527. The van der Waals surface area contributed by atoms with E-state index in [2.05, 4.69) is 0 Å². The molecular weight excluding hydrogens is 525 g/mol. The molecule has 2 fully saturated rings. The average molecular weight is 544 g/mol. The predicted molar refractivity (Wildman–Crippen MR) is 135 cm³/mol. The number of anilines is 2. The van der Waals surface area contributed by atoms with Crippen LogP contribution < -0.4 is 19.4 Å². The smallest absolute Gasteiger partial charge is 0.278 e. The van der Waals surface area contributed by atoms with Crippen LogP contribution in [0.15, 0.2) is 60.7 Å². The summed E-state index contributed by atoms with van der Waals surface area (Å²) in [6.07, 6.45) is -1.24. The molecular formula is C25H19Cl2N3O7. The number of hydrogen-bond acceptors (Lipinski definition) is 8. The van der Waals surface area contributed by atoms with Gasteiger partial charge >= 0.3 is 0 Å². The Morgan fingerprint density at radius 2 is 1.57 bits per heavy atom. The zero-order valence-electron chi connectivity index (χ0n) is 19.5. The van der Waals surface area contributed by atoms with E-state index in [0.29, 0.717) is 5.69 Å². The van der Waals surface area contributed by atoms with Crippen molar-refractivity contribution in [2.24, 2.45) is 5.92 Å². The lowest BCUT2D eigenvalue weighted by molar-refractivity contribution is -0.385. The Balaban J connectivity index is 1.68. The Labute approximate surface area is 220 Å². The number of para-hydroxylation sites is 1. The first-order valence-electron chi connectivity index (χ1n) is 11.0. The van der Waals surface area contributed by atoms with E-state index >= 15 is 0 Å². The Morgan fingerprint density at radius 3 is 2.19 bits per heavy atom. The lowest BCUT2D eigenvalue weighted by Crippen LogP contribution is -2.37. The van der Waals surface area contributed by atoms with E-state index in [1.807, 2.05) is 0 Å². The molecule has 2 amide bonds. The maximum absolute atomic E-state index is 13.8. The minimum Gasteiger partial charge on any atom is -0.493 e. The van der Waals surface area contributed by atoms with E-state index in [9.17, 15) is 19.7 Å². The molecule has 0 unspecified atom stereocenters. The maximum Gasteiger partial charge on any atom is 0.278 e. The normalized spacial score (nSPS) is 20.8. The zero-order chi connectivity index (χ0) is 26.4. The molecule has 0 radical (unpaired) electrons. The number of ether oxygens (including phenoxy) is 2. The van der Waals surface area contributed by atoms with Gasteiger partial charge < -0.3 is 9.47 Å². The van der Waals surface area contributed by atoms with Gasteiger partial charge in [0.1, 0.15) is 12.0 Å². The first-order valence-corrected chi connectivity index (χ1v) is 11.8. The van der Waals surface area contributed by atoms with E-state index in [1.54, 1.807) is 30.3 Å². The van der Waals surface area contributed by atoms with Crippen LogP contribution in [0.25, 0.3) is 0 Å². The minimum absolute atomic E-state index is 0.121. The molecule has 37 heavy (non-hydrogen) atoms. The van der Waals surface area contributed by atoms with E-state index in [-0.39, 0.29) is 38.5 Å². The summed E-state index contributed by atoms with van der Waals surface area (Å²) < 4.78 is 10.6. The van der Waals surface area contributed by atoms with Gasteiger partial charge in [-0.2, -0.15) is 0 Å². The highest BCUT2D eigenvalue weighted by Gasteiger charge is 2.61. The quantitative estimate of drug-likeness (QED) is 0.243. The molecule has 2 aliphatic rings. The van der Waals surface area contributed by atoms with Crippen molar-refractivity contribution in [3.63, 3.8) is 0 Å². The molecule has 190 valence electrons. The van der Waals surface area contributed by atoms with Crippen molar-refractivity contribution in [2.75, 3.05) is 24.2 Å². The fourth-order valence-electron chi connectivity index (χ4n) is 4.69. The van der Waals surface area contributed by atoms with Gasteiger partial charge in [0.2, 0.25) is 5.91 Å². The van der Waals surface area contributed by atoms with Crippen LogP contribution in [0.4, 0.5) is 17.1 Å². The molecule has 2 aliphatic heterocycles. The fraction of sp³-hybridized carbons (Fsp3) is 0.200. The summed E-state index contributed by atoms with van der Waals surface area (Å²) in [6.45, 7) is 0. The molecule has 2 heterocycles. The van der Waals surface area contributed by atoms with Crippen LogP contribution in [0, 0.1) is 16.0 Å². The van der Waals surface area contributed by atoms with Crippen molar-refractivity contribution >= 4 is 52.1 Å². The van der Waals surface area contributed by atoms with E-state index in [4.69, 9.17) is 37.5 Å². The molecule has 0 bridgehead atoms. The van der Waals surface area contributed by atoms with Gasteiger partial charge in [-0.1, -0.05) is 41.4 Å². The molecule has 5 rings (SSSR count). The molecule has 0 saturated carbocycles. The number of carbonyl (C=O) groups is 2. The number of nitrogens with zero attached hydrogens (tertiary/aromatic N) is 3. The SMILES string of the molecule is COc1cc([C@@H]2[C@@H]3C(=O)N(c4ccc(Cl)c(Cl)c4)C(=O)[C@H]3ON2c2ccccc2)c([N+](=O)[O-])cc1OC. The topological polar surface area (TPSA) is 111 Å². The number of fused-ring (bicyclic) bond motifs is 1. The average Bonchev–Trinajstić information content (AvgIpc) is 3.41. The fourth-order valence-corrected chi connectivity index (χ4v) is 4.98. The highest BCUT2D eigenvalue weighted by molar-refractivity contribution is 6.42. The number of rotatable bonds is 6. The molecule has 2 saturated heterocycles. The van der Waals surface area contributed by atoms with Gasteiger partial charge in [-0.05, 0) is 36.4 Å². The number of halogens is 2.